The summed E-state index contributed by atoms with van der Waals surface area (Å²) in [5, 5.41) is 19.7. The van der Waals surface area contributed by atoms with Gasteiger partial charge >= 0.3 is 5.97 Å². The molecule has 2 aromatic rings. The summed E-state index contributed by atoms with van der Waals surface area (Å²) >= 11 is 0. The molecule has 0 aromatic heterocycles. The van der Waals surface area contributed by atoms with E-state index in [0.717, 1.165) is 35.3 Å². The molecule has 1 heterocycles. The molecule has 28 heavy (non-hydrogen) atoms. The van der Waals surface area contributed by atoms with E-state index in [1.54, 1.807) is 12.1 Å². The molecule has 5 heteroatoms. The molecule has 1 aliphatic carbocycles. The number of benzene rings is 2. The number of ether oxygens (including phenoxy) is 2. The van der Waals surface area contributed by atoms with Crippen molar-refractivity contribution in [2.45, 2.75) is 44.1 Å². The van der Waals surface area contributed by atoms with E-state index in [4.69, 9.17) is 9.47 Å². The molecule has 1 fully saturated rings. The van der Waals surface area contributed by atoms with E-state index in [9.17, 15) is 15.2 Å². The first-order chi connectivity index (χ1) is 13.6. The molecule has 0 amide bonds. The maximum atomic E-state index is 12.3. The van der Waals surface area contributed by atoms with Crippen molar-refractivity contribution < 1.29 is 19.4 Å². The molecule has 0 radical (unpaired) electrons. The van der Waals surface area contributed by atoms with Crippen molar-refractivity contribution in [2.75, 3.05) is 13.2 Å². The lowest BCUT2D eigenvalue weighted by molar-refractivity contribution is -0.143. The monoisotopic (exact) mass is 377 g/mol. The second kappa shape index (κ2) is 7.65. The number of phenolic OH excluding ortho intramolecular Hbond substituents is 1. The summed E-state index contributed by atoms with van der Waals surface area (Å²) in [5.41, 5.74) is 4.59. The third-order valence-electron chi connectivity index (χ3n) is 5.65. The summed E-state index contributed by atoms with van der Waals surface area (Å²) in [5.74, 6) is -0.184. The zero-order chi connectivity index (χ0) is 19.7. The second-order valence-corrected chi connectivity index (χ2v) is 7.46. The van der Waals surface area contributed by atoms with Gasteiger partial charge in [-0.1, -0.05) is 24.3 Å². The van der Waals surface area contributed by atoms with Crippen LogP contribution in [0.2, 0.25) is 0 Å². The molecule has 2 unspecified atom stereocenters. The Morgan fingerprint density at radius 3 is 2.71 bits per heavy atom. The van der Waals surface area contributed by atoms with E-state index < -0.39 is 0 Å². The Hall–Kier alpha value is -2.84. The Morgan fingerprint density at radius 1 is 1.29 bits per heavy atom. The normalized spacial score (nSPS) is 22.4. The molecular formula is C23H23NO4. The predicted octanol–water partition coefficient (Wildman–Crippen LogP) is 3.78. The molecule has 0 spiro atoms. The number of hydrogen-bond acceptors (Lipinski definition) is 5. The Kier molecular flexibility index (Phi) is 5.06. The van der Waals surface area contributed by atoms with E-state index in [1.807, 2.05) is 19.1 Å². The van der Waals surface area contributed by atoms with E-state index in [0.29, 0.717) is 19.4 Å². The van der Waals surface area contributed by atoms with Crippen molar-refractivity contribution in [3.8, 4) is 11.8 Å². The molecule has 3 atom stereocenters. The molecule has 0 saturated carbocycles. The second-order valence-electron chi connectivity index (χ2n) is 7.46. The number of hydrogen-bond donors (Lipinski definition) is 1. The molecule has 4 rings (SSSR count). The van der Waals surface area contributed by atoms with Crippen molar-refractivity contribution in [1.29, 1.82) is 5.26 Å². The molecule has 2 aromatic carbocycles. The lowest BCUT2D eigenvalue weighted by Crippen LogP contribution is -2.13. The fourth-order valence-corrected chi connectivity index (χ4v) is 4.31. The molecule has 5 nitrogen and oxygen atoms in total. The van der Waals surface area contributed by atoms with Gasteiger partial charge in [0.05, 0.1) is 31.3 Å². The molecule has 144 valence electrons. The minimum Gasteiger partial charge on any atom is -0.507 e. The quantitative estimate of drug-likeness (QED) is 0.633. The van der Waals surface area contributed by atoms with Gasteiger partial charge in [0, 0.05) is 5.92 Å². The first-order valence-corrected chi connectivity index (χ1v) is 9.72. The number of aromatic hydroxyl groups is 1. The van der Waals surface area contributed by atoms with Crippen LogP contribution in [0.5, 0.6) is 5.75 Å². The lowest BCUT2D eigenvalue weighted by atomic mass is 9.83. The van der Waals surface area contributed by atoms with Crippen LogP contribution in [0.4, 0.5) is 0 Å². The number of phenols is 1. The highest BCUT2D eigenvalue weighted by atomic mass is 16.6. The van der Waals surface area contributed by atoms with Gasteiger partial charge in [0.2, 0.25) is 0 Å². The van der Waals surface area contributed by atoms with Crippen molar-refractivity contribution >= 4 is 5.97 Å². The zero-order valence-electron chi connectivity index (χ0n) is 15.9. The Morgan fingerprint density at radius 2 is 2.04 bits per heavy atom. The van der Waals surface area contributed by atoms with Crippen molar-refractivity contribution in [1.82, 2.24) is 0 Å². The molecular weight excluding hydrogens is 354 g/mol. The number of carbonyl (C=O) groups excluding carboxylic acids is 1. The van der Waals surface area contributed by atoms with E-state index >= 15 is 0 Å². The third kappa shape index (κ3) is 3.61. The maximum Gasteiger partial charge on any atom is 0.306 e. The van der Waals surface area contributed by atoms with Crippen LogP contribution >= 0.6 is 0 Å². The summed E-state index contributed by atoms with van der Waals surface area (Å²) in [4.78, 5) is 12.3. The van der Waals surface area contributed by atoms with Gasteiger partial charge in [-0.05, 0) is 60.1 Å². The largest absolute Gasteiger partial charge is 0.507 e. The number of fused-ring (bicyclic) bond motifs is 2. The maximum absolute atomic E-state index is 12.3. The van der Waals surface area contributed by atoms with E-state index in [2.05, 4.69) is 18.2 Å². The third-order valence-corrected chi connectivity index (χ3v) is 5.65. The zero-order valence-corrected chi connectivity index (χ0v) is 15.9. The van der Waals surface area contributed by atoms with Crippen LogP contribution < -0.4 is 0 Å². The fraction of sp³-hybridized carbons (Fsp3) is 0.391. The van der Waals surface area contributed by atoms with Crippen LogP contribution in [0.25, 0.3) is 0 Å². The summed E-state index contributed by atoms with van der Waals surface area (Å²) in [6, 6.07) is 13.8. The van der Waals surface area contributed by atoms with Gasteiger partial charge in [0.15, 0.2) is 0 Å². The van der Waals surface area contributed by atoms with Crippen LogP contribution in [0.15, 0.2) is 36.4 Å². The van der Waals surface area contributed by atoms with Crippen molar-refractivity contribution in [2.24, 2.45) is 0 Å². The van der Waals surface area contributed by atoms with Gasteiger partial charge in [-0.2, -0.15) is 5.26 Å². The summed E-state index contributed by atoms with van der Waals surface area (Å²) in [6.07, 6.45) is 1.95. The highest BCUT2D eigenvalue weighted by Gasteiger charge is 2.35. The molecule has 1 N–H and O–H groups in total. The van der Waals surface area contributed by atoms with E-state index in [1.165, 1.54) is 0 Å². The van der Waals surface area contributed by atoms with Crippen LogP contribution in [-0.2, 0) is 20.7 Å². The first-order valence-electron chi connectivity index (χ1n) is 9.72. The average molecular weight is 377 g/mol. The van der Waals surface area contributed by atoms with Gasteiger partial charge in [-0.3, -0.25) is 4.79 Å². The number of esters is 1. The highest BCUT2D eigenvalue weighted by molar-refractivity contribution is 5.71. The topological polar surface area (TPSA) is 82.9 Å². The summed E-state index contributed by atoms with van der Waals surface area (Å²) < 4.78 is 10.7. The van der Waals surface area contributed by atoms with E-state index in [-0.39, 0.29) is 35.2 Å². The summed E-state index contributed by atoms with van der Waals surface area (Å²) in [7, 11) is 0. The van der Waals surface area contributed by atoms with Gasteiger partial charge in [-0.25, -0.2) is 0 Å². The number of nitrogens with zero attached hydrogens (tertiary/aromatic N) is 1. The Bertz CT molecular complexity index is 942. The standard InChI is InChI=1S/C23H23NO4/c1-2-27-23(26)9-15-7-14-8-16(12-24)22(25)11-20(14)21(10-17-13-28-17)19-6-4-3-5-18(15)19/h3-6,8,11,15,17,21,25H,2,7,9-10,13H2,1H3/t15-,17?,21?/m1/s1. The van der Waals surface area contributed by atoms with Crippen LogP contribution in [-0.4, -0.2) is 30.4 Å². The number of epoxide rings is 1. The van der Waals surface area contributed by atoms with Gasteiger partial charge in [0.1, 0.15) is 11.8 Å². The van der Waals surface area contributed by atoms with Gasteiger partial charge in [-0.15, -0.1) is 0 Å². The smallest absolute Gasteiger partial charge is 0.306 e. The molecule has 2 aliphatic rings. The molecule has 0 bridgehead atoms. The van der Waals surface area contributed by atoms with Gasteiger partial charge < -0.3 is 14.6 Å². The predicted molar refractivity (Wildman–Crippen MR) is 103 cm³/mol. The van der Waals surface area contributed by atoms with Crippen LogP contribution in [0.3, 0.4) is 0 Å². The fourth-order valence-electron chi connectivity index (χ4n) is 4.31. The first kappa shape index (κ1) is 18.5. The number of carbonyl (C=O) groups is 1. The number of rotatable bonds is 5. The summed E-state index contributed by atoms with van der Waals surface area (Å²) in [6.45, 7) is 2.92. The van der Waals surface area contributed by atoms with Crippen molar-refractivity contribution in [3.05, 3.63) is 64.2 Å². The highest BCUT2D eigenvalue weighted by Crippen LogP contribution is 2.45. The van der Waals surface area contributed by atoms with Crippen LogP contribution in [0.1, 0.15) is 59.4 Å². The minimum absolute atomic E-state index is 0.00397. The van der Waals surface area contributed by atoms with Gasteiger partial charge in [0.25, 0.3) is 0 Å². The molecule has 1 aliphatic heterocycles. The Balaban J connectivity index is 1.83. The number of nitriles is 1. The minimum atomic E-state index is -0.216. The Labute approximate surface area is 164 Å². The van der Waals surface area contributed by atoms with Crippen molar-refractivity contribution in [3.63, 3.8) is 0 Å². The average Bonchev–Trinajstić information content (AvgIpc) is 3.51. The molecule has 1 saturated heterocycles. The SMILES string of the molecule is CCOC(=O)C[C@H]1Cc2cc(C#N)c(O)cc2C(CC2CO2)c2ccccc21. The lowest BCUT2D eigenvalue weighted by Gasteiger charge is -2.21. The van der Waals surface area contributed by atoms with Crippen LogP contribution in [0, 0.1) is 11.3 Å².